The third kappa shape index (κ3) is 5.35. The van der Waals surface area contributed by atoms with Crippen LogP contribution in [-0.4, -0.2) is 25.2 Å². The molecule has 2 amide bonds. The van der Waals surface area contributed by atoms with Gasteiger partial charge in [-0.15, -0.1) is 0 Å². The molecule has 23 heavy (non-hydrogen) atoms. The van der Waals surface area contributed by atoms with Crippen molar-refractivity contribution in [1.29, 1.82) is 0 Å². The monoisotopic (exact) mass is 314 g/mol. The highest BCUT2D eigenvalue weighted by Gasteiger charge is 2.07. The number of benzene rings is 2. The molecule has 0 aliphatic rings. The lowest BCUT2D eigenvalue weighted by atomic mass is 10.2. The minimum absolute atomic E-state index is 0.147. The maximum absolute atomic E-state index is 11.8. The Morgan fingerprint density at radius 1 is 1.00 bits per heavy atom. The van der Waals surface area contributed by atoms with Crippen LogP contribution in [0.3, 0.4) is 0 Å². The van der Waals surface area contributed by atoms with E-state index in [0.717, 1.165) is 11.3 Å². The molecular weight excluding hydrogens is 296 g/mol. The van der Waals surface area contributed by atoms with Gasteiger partial charge in [0.1, 0.15) is 19.0 Å². The highest BCUT2D eigenvalue weighted by Crippen LogP contribution is 2.12. The Labute approximate surface area is 134 Å². The van der Waals surface area contributed by atoms with E-state index in [1.807, 2.05) is 31.2 Å². The first-order chi connectivity index (χ1) is 11.0. The third-order valence-electron chi connectivity index (χ3n) is 2.99. The minimum atomic E-state index is -0.659. The van der Waals surface area contributed by atoms with E-state index in [4.69, 9.17) is 15.2 Å². The van der Waals surface area contributed by atoms with Crippen molar-refractivity contribution in [3.05, 3.63) is 59.7 Å². The Kier molecular flexibility index (Phi) is 5.57. The highest BCUT2D eigenvalue weighted by atomic mass is 16.6. The Balaban J connectivity index is 1.76. The molecule has 6 nitrogen and oxygen atoms in total. The molecule has 0 heterocycles. The molecule has 0 aliphatic carbocycles. The summed E-state index contributed by atoms with van der Waals surface area (Å²) < 4.78 is 10.6. The molecule has 0 radical (unpaired) electrons. The topological polar surface area (TPSA) is 90.7 Å². The smallest absolute Gasteiger partial charge is 0.338 e. The molecule has 0 saturated carbocycles. The van der Waals surface area contributed by atoms with Gasteiger partial charge in [0, 0.05) is 5.69 Å². The number of carbonyl (C=O) groups is 2. The standard InChI is InChI=1S/C17H18N2O4/c1-12-2-8-15(9-3-12)22-10-11-23-16(20)13-4-6-14(7-5-13)19-17(18)21/h2-9H,10-11H2,1H3,(H3,18,19,21). The van der Waals surface area contributed by atoms with Crippen molar-refractivity contribution >= 4 is 17.7 Å². The van der Waals surface area contributed by atoms with Gasteiger partial charge in [-0.05, 0) is 43.3 Å². The van der Waals surface area contributed by atoms with Crippen molar-refractivity contribution in [3.8, 4) is 5.75 Å². The van der Waals surface area contributed by atoms with Gasteiger partial charge in [-0.25, -0.2) is 9.59 Å². The Morgan fingerprint density at radius 3 is 2.26 bits per heavy atom. The van der Waals surface area contributed by atoms with Gasteiger partial charge in [0.25, 0.3) is 0 Å². The van der Waals surface area contributed by atoms with Crippen molar-refractivity contribution in [2.75, 3.05) is 18.5 Å². The molecule has 0 fully saturated rings. The number of amides is 2. The van der Waals surface area contributed by atoms with Gasteiger partial charge < -0.3 is 20.5 Å². The van der Waals surface area contributed by atoms with Crippen molar-refractivity contribution in [2.45, 2.75) is 6.92 Å². The second-order valence-electron chi connectivity index (χ2n) is 4.86. The zero-order chi connectivity index (χ0) is 16.7. The first-order valence-electron chi connectivity index (χ1n) is 7.08. The van der Waals surface area contributed by atoms with Crippen LogP contribution < -0.4 is 15.8 Å². The molecule has 0 saturated heterocycles. The Morgan fingerprint density at radius 2 is 1.65 bits per heavy atom. The summed E-state index contributed by atoms with van der Waals surface area (Å²) in [4.78, 5) is 22.5. The fourth-order valence-corrected chi connectivity index (χ4v) is 1.84. The number of rotatable bonds is 6. The predicted octanol–water partition coefficient (Wildman–Crippen LogP) is 2.72. The molecule has 2 aromatic rings. The zero-order valence-corrected chi connectivity index (χ0v) is 12.7. The number of hydrogen-bond donors (Lipinski definition) is 2. The van der Waals surface area contributed by atoms with E-state index < -0.39 is 12.0 Å². The summed E-state index contributed by atoms with van der Waals surface area (Å²) in [6.45, 7) is 2.42. The van der Waals surface area contributed by atoms with E-state index in [9.17, 15) is 9.59 Å². The summed E-state index contributed by atoms with van der Waals surface area (Å²) in [6.07, 6.45) is 0. The van der Waals surface area contributed by atoms with Gasteiger partial charge in [-0.2, -0.15) is 0 Å². The number of anilines is 1. The molecule has 0 atom stereocenters. The van der Waals surface area contributed by atoms with Crippen LogP contribution >= 0.6 is 0 Å². The number of urea groups is 1. The zero-order valence-electron chi connectivity index (χ0n) is 12.7. The highest BCUT2D eigenvalue weighted by molar-refractivity contribution is 5.91. The van der Waals surface area contributed by atoms with Crippen LogP contribution in [-0.2, 0) is 4.74 Å². The van der Waals surface area contributed by atoms with Crippen LogP contribution in [0, 0.1) is 6.92 Å². The van der Waals surface area contributed by atoms with Crippen molar-refractivity contribution in [2.24, 2.45) is 5.73 Å². The lowest BCUT2D eigenvalue weighted by Crippen LogP contribution is -2.19. The molecule has 120 valence electrons. The lowest BCUT2D eigenvalue weighted by Gasteiger charge is -2.08. The molecule has 2 aromatic carbocycles. The van der Waals surface area contributed by atoms with E-state index in [2.05, 4.69) is 5.32 Å². The van der Waals surface area contributed by atoms with E-state index in [-0.39, 0.29) is 13.2 Å². The van der Waals surface area contributed by atoms with Gasteiger partial charge in [-0.1, -0.05) is 17.7 Å². The van der Waals surface area contributed by atoms with Gasteiger partial charge >= 0.3 is 12.0 Å². The number of nitrogens with two attached hydrogens (primary N) is 1. The van der Waals surface area contributed by atoms with Crippen LogP contribution in [0.5, 0.6) is 5.75 Å². The fourth-order valence-electron chi connectivity index (χ4n) is 1.84. The summed E-state index contributed by atoms with van der Waals surface area (Å²) in [5.41, 5.74) is 7.05. The maximum atomic E-state index is 11.8. The molecular formula is C17H18N2O4. The molecule has 3 N–H and O–H groups in total. The fraction of sp³-hybridized carbons (Fsp3) is 0.176. The van der Waals surface area contributed by atoms with Gasteiger partial charge in [0.05, 0.1) is 5.56 Å². The first kappa shape index (κ1) is 16.4. The van der Waals surface area contributed by atoms with Crippen LogP contribution in [0.15, 0.2) is 48.5 Å². The first-order valence-corrected chi connectivity index (χ1v) is 7.08. The minimum Gasteiger partial charge on any atom is -0.490 e. The third-order valence-corrected chi connectivity index (χ3v) is 2.99. The molecule has 0 aromatic heterocycles. The predicted molar refractivity (Wildman–Crippen MR) is 86.6 cm³/mol. The second-order valence-corrected chi connectivity index (χ2v) is 4.86. The summed E-state index contributed by atoms with van der Waals surface area (Å²) in [6, 6.07) is 13.2. The average molecular weight is 314 g/mol. The van der Waals surface area contributed by atoms with E-state index in [1.165, 1.54) is 0 Å². The molecule has 0 spiro atoms. The Hall–Kier alpha value is -3.02. The van der Waals surface area contributed by atoms with Crippen LogP contribution in [0.2, 0.25) is 0 Å². The van der Waals surface area contributed by atoms with E-state index in [1.54, 1.807) is 24.3 Å². The quantitative estimate of drug-likeness (QED) is 0.633. The number of carbonyl (C=O) groups excluding carboxylic acids is 2. The molecule has 6 heteroatoms. The SMILES string of the molecule is Cc1ccc(OCCOC(=O)c2ccc(NC(N)=O)cc2)cc1. The summed E-state index contributed by atoms with van der Waals surface area (Å²) >= 11 is 0. The molecule has 2 rings (SSSR count). The number of ether oxygens (including phenoxy) is 2. The van der Waals surface area contributed by atoms with E-state index >= 15 is 0 Å². The van der Waals surface area contributed by atoms with E-state index in [0.29, 0.717) is 11.3 Å². The summed E-state index contributed by atoms with van der Waals surface area (Å²) in [5, 5.41) is 2.41. The lowest BCUT2D eigenvalue weighted by molar-refractivity contribution is 0.0450. The van der Waals surface area contributed by atoms with Crippen molar-refractivity contribution in [3.63, 3.8) is 0 Å². The van der Waals surface area contributed by atoms with Crippen LogP contribution in [0.4, 0.5) is 10.5 Å². The molecule has 0 bridgehead atoms. The van der Waals surface area contributed by atoms with Gasteiger partial charge in [-0.3, -0.25) is 0 Å². The summed E-state index contributed by atoms with van der Waals surface area (Å²) in [7, 11) is 0. The number of nitrogens with one attached hydrogen (secondary N) is 1. The maximum Gasteiger partial charge on any atom is 0.338 e. The number of aryl methyl sites for hydroxylation is 1. The number of esters is 1. The van der Waals surface area contributed by atoms with Crippen molar-refractivity contribution < 1.29 is 19.1 Å². The second kappa shape index (κ2) is 7.84. The molecule has 0 aliphatic heterocycles. The normalized spacial score (nSPS) is 9.96. The van der Waals surface area contributed by atoms with Crippen LogP contribution in [0.25, 0.3) is 0 Å². The summed E-state index contributed by atoms with van der Waals surface area (Å²) in [5.74, 6) is 0.275. The van der Waals surface area contributed by atoms with Gasteiger partial charge in [0.15, 0.2) is 0 Å². The number of hydrogen-bond acceptors (Lipinski definition) is 4. The van der Waals surface area contributed by atoms with Gasteiger partial charge in [0.2, 0.25) is 0 Å². The molecule has 0 unspecified atom stereocenters. The number of primary amides is 1. The van der Waals surface area contributed by atoms with Crippen LogP contribution in [0.1, 0.15) is 15.9 Å². The Bertz CT molecular complexity index is 666. The average Bonchev–Trinajstić information content (AvgIpc) is 2.53. The van der Waals surface area contributed by atoms with Crippen molar-refractivity contribution in [1.82, 2.24) is 0 Å². The largest absolute Gasteiger partial charge is 0.490 e.